The van der Waals surface area contributed by atoms with Gasteiger partial charge in [-0.15, -0.1) is 12.4 Å². The Bertz CT molecular complexity index is 259. The van der Waals surface area contributed by atoms with E-state index in [9.17, 15) is 4.79 Å². The monoisotopic (exact) mass is 277 g/mol. The Morgan fingerprint density at radius 2 is 2.11 bits per heavy atom. The summed E-state index contributed by atoms with van der Waals surface area (Å²) in [5.41, 5.74) is 5.64. The van der Waals surface area contributed by atoms with Gasteiger partial charge in [-0.05, 0) is 39.7 Å². The molecule has 1 aliphatic heterocycles. The van der Waals surface area contributed by atoms with Gasteiger partial charge in [0.2, 0.25) is 5.91 Å². The minimum atomic E-state index is -0.106. The Kier molecular flexibility index (Phi) is 7.83. The molecule has 5 heteroatoms. The van der Waals surface area contributed by atoms with E-state index < -0.39 is 0 Å². The normalized spacial score (nSPS) is 21.2. The van der Waals surface area contributed by atoms with Crippen molar-refractivity contribution in [3.05, 3.63) is 0 Å². The lowest BCUT2D eigenvalue weighted by Crippen LogP contribution is -2.52. The van der Waals surface area contributed by atoms with Crippen LogP contribution in [-0.4, -0.2) is 42.0 Å². The molecule has 1 fully saturated rings. The van der Waals surface area contributed by atoms with Crippen molar-refractivity contribution in [3.63, 3.8) is 0 Å². The lowest BCUT2D eigenvalue weighted by Gasteiger charge is -2.35. The van der Waals surface area contributed by atoms with Crippen LogP contribution in [0.5, 0.6) is 0 Å². The van der Waals surface area contributed by atoms with E-state index in [2.05, 4.69) is 31.0 Å². The Hall–Kier alpha value is -0.320. The zero-order valence-corrected chi connectivity index (χ0v) is 12.7. The number of halogens is 1. The van der Waals surface area contributed by atoms with Crippen molar-refractivity contribution >= 4 is 18.3 Å². The summed E-state index contributed by atoms with van der Waals surface area (Å²) in [6.07, 6.45) is 4.49. The van der Waals surface area contributed by atoms with Gasteiger partial charge in [-0.25, -0.2) is 0 Å². The Morgan fingerprint density at radius 1 is 1.44 bits per heavy atom. The Morgan fingerprint density at radius 3 is 2.67 bits per heavy atom. The summed E-state index contributed by atoms with van der Waals surface area (Å²) < 4.78 is 0. The molecule has 1 rings (SSSR count). The van der Waals surface area contributed by atoms with Crippen LogP contribution >= 0.6 is 12.4 Å². The van der Waals surface area contributed by atoms with Crippen molar-refractivity contribution in [2.24, 2.45) is 5.73 Å². The lowest BCUT2D eigenvalue weighted by molar-refractivity contribution is -0.124. The highest BCUT2D eigenvalue weighted by Gasteiger charge is 2.25. The zero-order valence-electron chi connectivity index (χ0n) is 11.9. The third-order valence-electron chi connectivity index (χ3n) is 3.73. The molecule has 108 valence electrons. The summed E-state index contributed by atoms with van der Waals surface area (Å²) in [5, 5.41) is 3.08. The number of rotatable bonds is 5. The van der Waals surface area contributed by atoms with Gasteiger partial charge in [0.05, 0.1) is 6.54 Å². The number of likely N-dealkylation sites (tertiary alicyclic amines) is 1. The van der Waals surface area contributed by atoms with Crippen LogP contribution in [0.25, 0.3) is 0 Å². The van der Waals surface area contributed by atoms with Crippen LogP contribution in [0.2, 0.25) is 0 Å². The third-order valence-corrected chi connectivity index (χ3v) is 3.73. The summed E-state index contributed by atoms with van der Waals surface area (Å²) in [6.45, 7) is 8.35. The van der Waals surface area contributed by atoms with Gasteiger partial charge in [-0.1, -0.05) is 13.3 Å². The van der Waals surface area contributed by atoms with Gasteiger partial charge in [-0.2, -0.15) is 0 Å². The molecule has 1 amide bonds. The number of piperidine rings is 1. The fourth-order valence-corrected chi connectivity index (χ4v) is 2.22. The number of amides is 1. The molecule has 0 radical (unpaired) electrons. The van der Waals surface area contributed by atoms with Crippen molar-refractivity contribution in [2.45, 2.75) is 58.0 Å². The maximum Gasteiger partial charge on any atom is 0.234 e. The van der Waals surface area contributed by atoms with E-state index in [4.69, 9.17) is 5.73 Å². The van der Waals surface area contributed by atoms with Crippen LogP contribution in [0.15, 0.2) is 0 Å². The fraction of sp³-hybridized carbons (Fsp3) is 0.923. The standard InChI is InChI=1S/C13H27N3O.ClH/c1-4-13(2,3)15-12(17)10-16-8-6-5-7-11(16)9-14;/h11H,4-10,14H2,1-3H3,(H,15,17);1H. The number of nitrogens with zero attached hydrogens (tertiary/aromatic N) is 1. The van der Waals surface area contributed by atoms with E-state index >= 15 is 0 Å². The van der Waals surface area contributed by atoms with Crippen LogP contribution in [0, 0.1) is 0 Å². The van der Waals surface area contributed by atoms with Crippen LogP contribution < -0.4 is 11.1 Å². The van der Waals surface area contributed by atoms with Crippen molar-refractivity contribution in [3.8, 4) is 0 Å². The molecule has 1 saturated heterocycles. The number of carbonyl (C=O) groups excluding carboxylic acids is 1. The number of hydrogen-bond acceptors (Lipinski definition) is 3. The highest BCUT2D eigenvalue weighted by molar-refractivity contribution is 5.85. The van der Waals surface area contributed by atoms with Crippen LogP contribution in [0.3, 0.4) is 0 Å². The minimum Gasteiger partial charge on any atom is -0.350 e. The highest BCUT2D eigenvalue weighted by atomic mass is 35.5. The molecule has 1 unspecified atom stereocenters. The molecular weight excluding hydrogens is 250 g/mol. The topological polar surface area (TPSA) is 58.4 Å². The summed E-state index contributed by atoms with van der Waals surface area (Å²) in [6, 6.07) is 0.388. The molecule has 3 N–H and O–H groups in total. The molecule has 1 atom stereocenters. The molecule has 0 saturated carbocycles. The van der Waals surface area contributed by atoms with E-state index in [1.807, 2.05) is 0 Å². The summed E-state index contributed by atoms with van der Waals surface area (Å²) in [4.78, 5) is 14.2. The summed E-state index contributed by atoms with van der Waals surface area (Å²) >= 11 is 0. The number of nitrogens with one attached hydrogen (secondary N) is 1. The molecule has 1 heterocycles. The maximum absolute atomic E-state index is 12.0. The molecule has 1 aliphatic rings. The maximum atomic E-state index is 12.0. The lowest BCUT2D eigenvalue weighted by atomic mass is 10.0. The van der Waals surface area contributed by atoms with Crippen LogP contribution in [0.4, 0.5) is 0 Å². The first kappa shape index (κ1) is 17.7. The van der Waals surface area contributed by atoms with E-state index in [1.54, 1.807) is 0 Å². The predicted octanol–water partition coefficient (Wildman–Crippen LogP) is 1.53. The molecule has 0 bridgehead atoms. The van der Waals surface area contributed by atoms with Gasteiger partial charge in [-0.3, -0.25) is 9.69 Å². The average molecular weight is 278 g/mol. The van der Waals surface area contributed by atoms with Crippen molar-refractivity contribution in [2.75, 3.05) is 19.6 Å². The summed E-state index contributed by atoms with van der Waals surface area (Å²) in [7, 11) is 0. The first-order chi connectivity index (χ1) is 7.98. The third kappa shape index (κ3) is 5.55. The second-order valence-corrected chi connectivity index (χ2v) is 5.64. The minimum absolute atomic E-state index is 0. The second-order valence-electron chi connectivity index (χ2n) is 5.64. The van der Waals surface area contributed by atoms with Crippen LogP contribution in [-0.2, 0) is 4.79 Å². The molecular formula is C13H28ClN3O. The van der Waals surface area contributed by atoms with Gasteiger partial charge in [0.25, 0.3) is 0 Å². The molecule has 0 aliphatic carbocycles. The smallest absolute Gasteiger partial charge is 0.234 e. The van der Waals surface area contributed by atoms with E-state index in [-0.39, 0.29) is 23.9 Å². The Labute approximate surface area is 117 Å². The quantitative estimate of drug-likeness (QED) is 0.801. The van der Waals surface area contributed by atoms with Gasteiger partial charge < -0.3 is 11.1 Å². The molecule has 0 aromatic heterocycles. The van der Waals surface area contributed by atoms with Crippen molar-refractivity contribution in [1.29, 1.82) is 0 Å². The molecule has 0 aromatic rings. The van der Waals surface area contributed by atoms with Gasteiger partial charge in [0.1, 0.15) is 0 Å². The number of carbonyl (C=O) groups is 1. The second kappa shape index (κ2) is 7.97. The van der Waals surface area contributed by atoms with E-state index in [0.29, 0.717) is 19.1 Å². The van der Waals surface area contributed by atoms with E-state index in [0.717, 1.165) is 19.4 Å². The largest absolute Gasteiger partial charge is 0.350 e. The Balaban J connectivity index is 0.00000289. The van der Waals surface area contributed by atoms with Gasteiger partial charge in [0, 0.05) is 18.1 Å². The first-order valence-electron chi connectivity index (χ1n) is 6.73. The predicted molar refractivity (Wildman–Crippen MR) is 78.0 cm³/mol. The van der Waals surface area contributed by atoms with Crippen LogP contribution in [0.1, 0.15) is 46.5 Å². The summed E-state index contributed by atoms with van der Waals surface area (Å²) in [5.74, 6) is 0.122. The first-order valence-corrected chi connectivity index (χ1v) is 6.73. The van der Waals surface area contributed by atoms with Crippen molar-refractivity contribution < 1.29 is 4.79 Å². The molecule has 18 heavy (non-hydrogen) atoms. The SMILES string of the molecule is CCC(C)(C)NC(=O)CN1CCCCC1CN.Cl. The van der Waals surface area contributed by atoms with Crippen molar-refractivity contribution in [1.82, 2.24) is 10.2 Å². The molecule has 0 aromatic carbocycles. The molecule has 0 spiro atoms. The number of nitrogens with two attached hydrogens (primary N) is 1. The zero-order chi connectivity index (χ0) is 12.9. The van der Waals surface area contributed by atoms with Gasteiger partial charge in [0.15, 0.2) is 0 Å². The van der Waals surface area contributed by atoms with Gasteiger partial charge >= 0.3 is 0 Å². The average Bonchev–Trinajstić information content (AvgIpc) is 2.29. The number of hydrogen-bond donors (Lipinski definition) is 2. The molecule has 4 nitrogen and oxygen atoms in total. The fourth-order valence-electron chi connectivity index (χ4n) is 2.22. The highest BCUT2D eigenvalue weighted by Crippen LogP contribution is 2.16. The van der Waals surface area contributed by atoms with E-state index in [1.165, 1.54) is 12.8 Å².